The molecule has 0 atom stereocenters. The van der Waals surface area contributed by atoms with Crippen molar-refractivity contribution in [3.8, 4) is 11.3 Å². The zero-order valence-corrected chi connectivity index (χ0v) is 13.0. The van der Waals surface area contributed by atoms with E-state index in [1.54, 1.807) is 0 Å². The summed E-state index contributed by atoms with van der Waals surface area (Å²) in [5.74, 6) is -0.247. The maximum atomic E-state index is 13.5. The van der Waals surface area contributed by atoms with E-state index in [2.05, 4.69) is 20.3 Å². The van der Waals surface area contributed by atoms with Crippen molar-refractivity contribution in [2.45, 2.75) is 19.9 Å². The number of rotatable bonds is 2. The molecule has 1 aromatic carbocycles. The molecule has 0 radical (unpaired) electrons. The van der Waals surface area contributed by atoms with Gasteiger partial charge in [-0.15, -0.1) is 5.10 Å². The minimum Gasteiger partial charge on any atom is -0.360 e. The summed E-state index contributed by atoms with van der Waals surface area (Å²) in [4.78, 5) is 2.06. The van der Waals surface area contributed by atoms with Crippen molar-refractivity contribution in [1.82, 2.24) is 15.4 Å². The van der Waals surface area contributed by atoms with Gasteiger partial charge in [0.2, 0.25) is 0 Å². The van der Waals surface area contributed by atoms with Crippen LogP contribution in [0.1, 0.15) is 17.0 Å². The first-order valence-electron chi connectivity index (χ1n) is 7.60. The Bertz CT molecular complexity index is 892. The van der Waals surface area contributed by atoms with Crippen LogP contribution < -0.4 is 4.90 Å². The summed E-state index contributed by atoms with van der Waals surface area (Å²) in [6, 6.07) is 7.55. The Hall–Kier alpha value is -2.83. The van der Waals surface area contributed by atoms with Crippen LogP contribution in [-0.4, -0.2) is 21.9 Å². The average Bonchev–Trinajstić information content (AvgIpc) is 3.01. The van der Waals surface area contributed by atoms with Crippen LogP contribution >= 0.6 is 0 Å². The molecular weight excluding hydrogens is 314 g/mol. The highest BCUT2D eigenvalue weighted by molar-refractivity contribution is 5.65. The van der Waals surface area contributed by atoms with Gasteiger partial charge in [-0.3, -0.25) is 0 Å². The number of fused-ring (bicyclic) bond motifs is 1. The van der Waals surface area contributed by atoms with Crippen molar-refractivity contribution in [3.63, 3.8) is 0 Å². The zero-order chi connectivity index (χ0) is 16.7. The van der Waals surface area contributed by atoms with Crippen molar-refractivity contribution in [2.24, 2.45) is 0 Å². The van der Waals surface area contributed by atoms with Crippen molar-refractivity contribution in [1.29, 1.82) is 0 Å². The maximum absolute atomic E-state index is 13.5. The van der Waals surface area contributed by atoms with Gasteiger partial charge in [0.05, 0.1) is 12.2 Å². The van der Waals surface area contributed by atoms with Crippen LogP contribution in [0.2, 0.25) is 0 Å². The number of halogens is 2. The molecular formula is C17H14F2N4O. The molecule has 0 bridgehead atoms. The van der Waals surface area contributed by atoms with Crippen molar-refractivity contribution in [3.05, 3.63) is 59.0 Å². The second kappa shape index (κ2) is 5.67. The van der Waals surface area contributed by atoms with E-state index in [4.69, 9.17) is 4.52 Å². The summed E-state index contributed by atoms with van der Waals surface area (Å²) in [6.07, 6.45) is 0.668. The van der Waals surface area contributed by atoms with Crippen molar-refractivity contribution in [2.75, 3.05) is 11.4 Å². The lowest BCUT2D eigenvalue weighted by molar-refractivity contribution is 0.378. The van der Waals surface area contributed by atoms with Gasteiger partial charge in [-0.2, -0.15) is 5.10 Å². The quantitative estimate of drug-likeness (QED) is 0.722. The first kappa shape index (κ1) is 14.7. The van der Waals surface area contributed by atoms with Crippen LogP contribution in [0.15, 0.2) is 34.9 Å². The number of aromatic nitrogens is 3. The van der Waals surface area contributed by atoms with E-state index in [9.17, 15) is 8.78 Å². The van der Waals surface area contributed by atoms with Crippen LogP contribution in [0, 0.1) is 18.6 Å². The molecule has 0 fully saturated rings. The van der Waals surface area contributed by atoms with E-state index < -0.39 is 11.6 Å². The molecule has 7 heteroatoms. The highest BCUT2D eigenvalue weighted by Crippen LogP contribution is 2.32. The minimum absolute atomic E-state index is 0.496. The summed E-state index contributed by atoms with van der Waals surface area (Å²) >= 11 is 0. The van der Waals surface area contributed by atoms with Crippen LogP contribution in [0.3, 0.4) is 0 Å². The van der Waals surface area contributed by atoms with Gasteiger partial charge in [0.25, 0.3) is 0 Å². The fourth-order valence-corrected chi connectivity index (χ4v) is 2.84. The van der Waals surface area contributed by atoms with Crippen molar-refractivity contribution >= 4 is 5.82 Å². The number of hydrogen-bond donors (Lipinski definition) is 0. The highest BCUT2D eigenvalue weighted by atomic mass is 19.2. The predicted octanol–water partition coefficient (Wildman–Crippen LogP) is 3.28. The molecule has 3 heterocycles. The molecule has 1 aliphatic rings. The second-order valence-corrected chi connectivity index (χ2v) is 5.77. The van der Waals surface area contributed by atoms with Gasteiger partial charge in [-0.25, -0.2) is 8.78 Å². The second-order valence-electron chi connectivity index (χ2n) is 5.77. The summed E-state index contributed by atoms with van der Waals surface area (Å²) in [7, 11) is 0. The zero-order valence-electron chi connectivity index (χ0n) is 13.0. The smallest absolute Gasteiger partial charge is 0.159 e. The lowest BCUT2D eigenvalue weighted by atomic mass is 10.0. The molecule has 0 saturated heterocycles. The normalized spacial score (nSPS) is 13.9. The monoisotopic (exact) mass is 328 g/mol. The Morgan fingerprint density at radius 3 is 2.71 bits per heavy atom. The van der Waals surface area contributed by atoms with E-state index in [0.717, 1.165) is 41.5 Å². The average molecular weight is 328 g/mol. The SMILES string of the molecule is Cc1ccc(N2CCc3onc(-c4ccc(F)c(F)c4)c3C2)nn1. The molecule has 0 amide bonds. The third-order valence-corrected chi connectivity index (χ3v) is 4.13. The van der Waals surface area contributed by atoms with Crippen molar-refractivity contribution < 1.29 is 13.3 Å². The van der Waals surface area contributed by atoms with Crippen LogP contribution in [-0.2, 0) is 13.0 Å². The van der Waals surface area contributed by atoms with E-state index in [1.165, 1.54) is 6.07 Å². The first-order valence-corrected chi connectivity index (χ1v) is 7.60. The standard InChI is InChI=1S/C17H14F2N4O/c1-10-2-5-16(21-20-10)23-7-6-15-12(9-23)17(22-24-15)11-3-4-13(18)14(19)8-11/h2-5,8H,6-7,9H2,1H3. The van der Waals surface area contributed by atoms with Gasteiger partial charge in [-0.1, -0.05) is 5.16 Å². The van der Waals surface area contributed by atoms with E-state index in [-0.39, 0.29) is 0 Å². The predicted molar refractivity (Wildman–Crippen MR) is 83.4 cm³/mol. The Balaban J connectivity index is 1.69. The Morgan fingerprint density at radius 1 is 1.08 bits per heavy atom. The number of anilines is 1. The minimum atomic E-state index is -0.902. The van der Waals surface area contributed by atoms with Gasteiger partial charge >= 0.3 is 0 Å². The highest BCUT2D eigenvalue weighted by Gasteiger charge is 2.26. The lowest BCUT2D eigenvalue weighted by Crippen LogP contribution is -2.30. The van der Waals surface area contributed by atoms with E-state index in [1.807, 2.05) is 19.1 Å². The van der Waals surface area contributed by atoms with Crippen LogP contribution in [0.4, 0.5) is 14.6 Å². The third kappa shape index (κ3) is 2.51. The van der Waals surface area contributed by atoms with Crippen LogP contribution in [0.5, 0.6) is 0 Å². The maximum Gasteiger partial charge on any atom is 0.159 e. The number of aryl methyl sites for hydroxylation is 1. The summed E-state index contributed by atoms with van der Waals surface area (Å²) in [6.45, 7) is 3.15. The number of benzene rings is 1. The molecule has 0 aliphatic carbocycles. The third-order valence-electron chi connectivity index (χ3n) is 4.13. The van der Waals surface area contributed by atoms with Crippen LogP contribution in [0.25, 0.3) is 11.3 Å². The van der Waals surface area contributed by atoms with Gasteiger partial charge in [0, 0.05) is 24.1 Å². The summed E-state index contributed by atoms with van der Waals surface area (Å²) < 4.78 is 32.1. The van der Waals surface area contributed by atoms with Gasteiger partial charge in [0.15, 0.2) is 17.5 Å². The van der Waals surface area contributed by atoms with Gasteiger partial charge in [-0.05, 0) is 37.3 Å². The number of hydrogen-bond acceptors (Lipinski definition) is 5. The first-order chi connectivity index (χ1) is 11.6. The van der Waals surface area contributed by atoms with E-state index in [0.29, 0.717) is 24.2 Å². The largest absolute Gasteiger partial charge is 0.360 e. The molecule has 24 heavy (non-hydrogen) atoms. The molecule has 0 saturated carbocycles. The topological polar surface area (TPSA) is 55.1 Å². The number of nitrogens with zero attached hydrogens (tertiary/aromatic N) is 4. The van der Waals surface area contributed by atoms with Gasteiger partial charge in [0.1, 0.15) is 11.5 Å². The Labute approximate surface area is 136 Å². The molecule has 0 unspecified atom stereocenters. The molecule has 122 valence electrons. The van der Waals surface area contributed by atoms with E-state index >= 15 is 0 Å². The fourth-order valence-electron chi connectivity index (χ4n) is 2.84. The summed E-state index contributed by atoms with van der Waals surface area (Å²) in [5, 5.41) is 12.3. The fraction of sp³-hybridized carbons (Fsp3) is 0.235. The lowest BCUT2D eigenvalue weighted by Gasteiger charge is -2.26. The molecule has 3 aromatic rings. The molecule has 0 N–H and O–H groups in total. The molecule has 0 spiro atoms. The Morgan fingerprint density at radius 2 is 1.96 bits per heavy atom. The molecule has 4 rings (SSSR count). The molecule has 1 aliphatic heterocycles. The molecule has 2 aromatic heterocycles. The van der Waals surface area contributed by atoms with Gasteiger partial charge < -0.3 is 9.42 Å². The summed E-state index contributed by atoms with van der Waals surface area (Å²) in [5.41, 5.74) is 2.75. The Kier molecular flexibility index (Phi) is 3.48. The molecule has 5 nitrogen and oxygen atoms in total.